The van der Waals surface area contributed by atoms with E-state index in [0.29, 0.717) is 24.5 Å². The molecule has 0 radical (unpaired) electrons. The molecular formula is C26H28N2O5. The highest BCUT2D eigenvalue weighted by molar-refractivity contribution is 5.99. The van der Waals surface area contributed by atoms with Gasteiger partial charge in [-0.05, 0) is 47.4 Å². The van der Waals surface area contributed by atoms with Crippen molar-refractivity contribution in [1.29, 1.82) is 5.41 Å². The predicted molar refractivity (Wildman–Crippen MR) is 127 cm³/mol. The number of carboxylic acid groups (broad SMARTS) is 1. The molecule has 0 spiro atoms. The lowest BCUT2D eigenvalue weighted by atomic mass is 9.96. The summed E-state index contributed by atoms with van der Waals surface area (Å²) in [5, 5.41) is 15.0. The maximum atomic E-state index is 11.5. The van der Waals surface area contributed by atoms with Crippen molar-refractivity contribution in [3.8, 4) is 11.5 Å². The van der Waals surface area contributed by atoms with Crippen LogP contribution in [0.3, 0.4) is 0 Å². The summed E-state index contributed by atoms with van der Waals surface area (Å²) < 4.78 is 11.5. The fourth-order valence-corrected chi connectivity index (χ4v) is 3.12. The summed E-state index contributed by atoms with van der Waals surface area (Å²) in [6, 6.07) is 24.6. The van der Waals surface area contributed by atoms with E-state index in [9.17, 15) is 4.79 Å². The topological polar surface area (TPSA) is 123 Å². The van der Waals surface area contributed by atoms with Gasteiger partial charge in [-0.15, -0.1) is 0 Å². The first-order valence-corrected chi connectivity index (χ1v) is 10.4. The average Bonchev–Trinajstić information content (AvgIpc) is 2.84. The van der Waals surface area contributed by atoms with Crippen LogP contribution in [0.5, 0.6) is 11.5 Å². The molecule has 0 fully saturated rings. The minimum atomic E-state index is -0.313. The number of rotatable bonds is 10. The van der Waals surface area contributed by atoms with E-state index < -0.39 is 0 Å². The molecular weight excluding hydrogens is 420 g/mol. The van der Waals surface area contributed by atoms with E-state index in [1.165, 1.54) is 0 Å². The van der Waals surface area contributed by atoms with Gasteiger partial charge in [-0.1, -0.05) is 61.5 Å². The number of nitrogens with one attached hydrogen (secondary N) is 1. The van der Waals surface area contributed by atoms with E-state index in [0.717, 1.165) is 22.4 Å². The van der Waals surface area contributed by atoms with Crippen LogP contribution in [0.1, 0.15) is 36.0 Å². The Morgan fingerprint density at radius 2 is 1.52 bits per heavy atom. The van der Waals surface area contributed by atoms with Gasteiger partial charge in [0.2, 0.25) is 5.91 Å². The van der Waals surface area contributed by atoms with Gasteiger partial charge in [-0.3, -0.25) is 9.59 Å². The Balaban J connectivity index is 0.00000122. The Morgan fingerprint density at radius 3 is 2.06 bits per heavy atom. The number of amides is 1. The molecule has 3 rings (SSSR count). The zero-order valence-electron chi connectivity index (χ0n) is 18.4. The van der Waals surface area contributed by atoms with Crippen molar-refractivity contribution in [1.82, 2.24) is 0 Å². The molecule has 1 atom stereocenters. The van der Waals surface area contributed by atoms with Gasteiger partial charge < -0.3 is 25.7 Å². The second-order valence-electron chi connectivity index (χ2n) is 7.10. The van der Waals surface area contributed by atoms with Crippen LogP contribution in [-0.4, -0.2) is 29.8 Å². The molecule has 4 N–H and O–H groups in total. The number of primary amides is 1. The Morgan fingerprint density at radius 1 is 0.970 bits per heavy atom. The zero-order chi connectivity index (χ0) is 24.1. The molecule has 172 valence electrons. The molecule has 3 aromatic carbocycles. The molecule has 1 amide bonds. The van der Waals surface area contributed by atoms with E-state index in [-0.39, 0.29) is 24.9 Å². The lowest BCUT2D eigenvalue weighted by Gasteiger charge is -2.12. The average molecular weight is 449 g/mol. The van der Waals surface area contributed by atoms with Gasteiger partial charge in [0, 0.05) is 0 Å². The van der Waals surface area contributed by atoms with Gasteiger partial charge in [0.1, 0.15) is 24.7 Å². The summed E-state index contributed by atoms with van der Waals surface area (Å²) in [5.41, 5.74) is 8.64. The molecule has 3 aromatic rings. The van der Waals surface area contributed by atoms with E-state index in [2.05, 4.69) is 0 Å². The fourth-order valence-electron chi connectivity index (χ4n) is 3.12. The number of carbonyl (C=O) groups excluding carboxylic acids is 1. The van der Waals surface area contributed by atoms with Crippen molar-refractivity contribution in [2.75, 3.05) is 6.61 Å². The van der Waals surface area contributed by atoms with Gasteiger partial charge in [-0.2, -0.15) is 0 Å². The van der Waals surface area contributed by atoms with Crippen LogP contribution in [-0.2, 0) is 16.2 Å². The largest absolute Gasteiger partial charge is 0.489 e. The molecule has 0 aliphatic rings. The molecule has 0 saturated carbocycles. The third kappa shape index (κ3) is 8.14. The van der Waals surface area contributed by atoms with Gasteiger partial charge in [0.15, 0.2) is 0 Å². The van der Waals surface area contributed by atoms with Crippen LogP contribution < -0.4 is 15.2 Å². The molecule has 0 heterocycles. The third-order valence-corrected chi connectivity index (χ3v) is 4.87. The third-order valence-electron chi connectivity index (χ3n) is 4.87. The van der Waals surface area contributed by atoms with E-state index in [1.54, 1.807) is 0 Å². The summed E-state index contributed by atoms with van der Waals surface area (Å²) in [5.74, 6) is 0.859. The predicted octanol–water partition coefficient (Wildman–Crippen LogP) is 4.39. The number of ether oxygens (including phenoxy) is 2. The van der Waals surface area contributed by atoms with Crippen molar-refractivity contribution in [3.63, 3.8) is 0 Å². The maximum absolute atomic E-state index is 11.5. The Kier molecular flexibility index (Phi) is 10.1. The zero-order valence-corrected chi connectivity index (χ0v) is 18.4. The van der Waals surface area contributed by atoms with Crippen LogP contribution in [0.15, 0.2) is 78.9 Å². The second kappa shape index (κ2) is 13.3. The molecule has 0 aliphatic heterocycles. The van der Waals surface area contributed by atoms with Crippen molar-refractivity contribution < 1.29 is 24.2 Å². The van der Waals surface area contributed by atoms with Crippen molar-refractivity contribution in [2.45, 2.75) is 25.9 Å². The molecule has 0 aliphatic carbocycles. The maximum Gasteiger partial charge on any atom is 0.290 e. The highest BCUT2D eigenvalue weighted by Crippen LogP contribution is 2.23. The van der Waals surface area contributed by atoms with Crippen LogP contribution in [0.25, 0.3) is 0 Å². The summed E-state index contributed by atoms with van der Waals surface area (Å²) in [4.78, 5) is 19.8. The monoisotopic (exact) mass is 448 g/mol. The van der Waals surface area contributed by atoms with Gasteiger partial charge in [0.05, 0.1) is 11.6 Å². The van der Waals surface area contributed by atoms with Crippen LogP contribution in [0, 0.1) is 5.41 Å². The first-order chi connectivity index (χ1) is 16.0. The highest BCUT2D eigenvalue weighted by atomic mass is 16.5. The van der Waals surface area contributed by atoms with E-state index >= 15 is 0 Å². The number of carbonyl (C=O) groups is 2. The minimum Gasteiger partial charge on any atom is -0.489 e. The highest BCUT2D eigenvalue weighted by Gasteiger charge is 2.15. The smallest absolute Gasteiger partial charge is 0.290 e. The molecule has 0 bridgehead atoms. The minimum absolute atomic E-state index is 0.219. The first kappa shape index (κ1) is 25.1. The van der Waals surface area contributed by atoms with E-state index in [4.69, 9.17) is 30.5 Å². The molecule has 33 heavy (non-hydrogen) atoms. The number of nitrogens with two attached hydrogens (primary N) is 1. The first-order valence-electron chi connectivity index (χ1n) is 10.4. The van der Waals surface area contributed by atoms with Crippen molar-refractivity contribution in [3.05, 3.63) is 95.6 Å². The standard InChI is InChI=1S/C25H26N2O3.CH2O2/c1-2-23(25(27)28)19-10-14-22(15-11-19)29-16-18-8-12-21(13-9-18)30-17-24(26)20-6-4-3-5-7-20;2-1-3/h3-15,23,26H,2,16-17H2,1H3,(H2,27,28);1H,(H,2,3). The Labute approximate surface area is 193 Å². The van der Waals surface area contributed by atoms with Gasteiger partial charge >= 0.3 is 0 Å². The molecule has 7 heteroatoms. The SMILES string of the molecule is CCC(C(N)=O)c1ccc(OCc2ccc(OCC(=N)c3ccccc3)cc2)cc1.O=CO. The molecule has 0 aromatic heterocycles. The number of benzene rings is 3. The Hall–Kier alpha value is -4.13. The quantitative estimate of drug-likeness (QED) is 0.313. The summed E-state index contributed by atoms with van der Waals surface area (Å²) in [6.45, 7) is 2.33. The lowest BCUT2D eigenvalue weighted by Crippen LogP contribution is -2.20. The summed E-state index contributed by atoms with van der Waals surface area (Å²) >= 11 is 0. The van der Waals surface area contributed by atoms with Crippen molar-refractivity contribution in [2.24, 2.45) is 5.73 Å². The number of hydrogen-bond donors (Lipinski definition) is 3. The lowest BCUT2D eigenvalue weighted by molar-refractivity contribution is -0.123. The summed E-state index contributed by atoms with van der Waals surface area (Å²) in [6.07, 6.45) is 0.675. The number of hydrogen-bond acceptors (Lipinski definition) is 5. The van der Waals surface area contributed by atoms with Crippen molar-refractivity contribution >= 4 is 18.1 Å². The van der Waals surface area contributed by atoms with Gasteiger partial charge in [-0.25, -0.2) is 0 Å². The second-order valence-corrected chi connectivity index (χ2v) is 7.10. The Bertz CT molecular complexity index is 1020. The summed E-state index contributed by atoms with van der Waals surface area (Å²) in [7, 11) is 0. The van der Waals surface area contributed by atoms with Gasteiger partial charge in [0.25, 0.3) is 6.47 Å². The molecule has 1 unspecified atom stereocenters. The van der Waals surface area contributed by atoms with Crippen LogP contribution >= 0.6 is 0 Å². The molecule has 7 nitrogen and oxygen atoms in total. The normalized spacial score (nSPS) is 10.8. The fraction of sp³-hybridized carbons (Fsp3) is 0.192. The van der Waals surface area contributed by atoms with E-state index in [1.807, 2.05) is 85.8 Å². The van der Waals surface area contributed by atoms with Crippen LogP contribution in [0.4, 0.5) is 0 Å². The molecule has 0 saturated heterocycles. The van der Waals surface area contributed by atoms with Crippen LogP contribution in [0.2, 0.25) is 0 Å².